The van der Waals surface area contributed by atoms with E-state index in [2.05, 4.69) is 25.4 Å². The zero-order valence-corrected chi connectivity index (χ0v) is 19.0. The first-order valence-electron chi connectivity index (χ1n) is 9.75. The number of rotatable bonds is 7. The number of anilines is 1. The normalized spacial score (nSPS) is 12.2. The first-order valence-corrected chi connectivity index (χ1v) is 11.6. The van der Waals surface area contributed by atoms with Crippen molar-refractivity contribution in [2.24, 2.45) is 0 Å². The lowest BCUT2D eigenvalue weighted by Crippen LogP contribution is -2.23. The number of hydrogen-bond donors (Lipinski definition) is 2. The Bertz CT molecular complexity index is 1280. The van der Waals surface area contributed by atoms with Crippen LogP contribution in [0.15, 0.2) is 41.5 Å². The first kappa shape index (κ1) is 21.3. The van der Waals surface area contributed by atoms with Gasteiger partial charge in [0.15, 0.2) is 5.82 Å². The monoisotopic (exact) mass is 454 g/mol. The zero-order valence-electron chi connectivity index (χ0n) is 17.4. The van der Waals surface area contributed by atoms with Crippen LogP contribution in [0.2, 0.25) is 0 Å². The summed E-state index contributed by atoms with van der Waals surface area (Å²) in [5, 5.41) is 7.53. The van der Waals surface area contributed by atoms with Gasteiger partial charge in [0.1, 0.15) is 10.7 Å². The number of H-pyrrole nitrogens is 1. The van der Waals surface area contributed by atoms with Crippen LogP contribution >= 0.6 is 23.1 Å². The van der Waals surface area contributed by atoms with Gasteiger partial charge in [0, 0.05) is 23.3 Å². The number of carbonyl (C=O) groups excluding carboxylic acids is 1. The van der Waals surface area contributed by atoms with E-state index in [9.17, 15) is 9.59 Å². The highest BCUT2D eigenvalue weighted by atomic mass is 32.2. The predicted molar refractivity (Wildman–Crippen MR) is 125 cm³/mol. The summed E-state index contributed by atoms with van der Waals surface area (Å²) in [6.45, 7) is 6.27. The minimum atomic E-state index is -0.339. The third-order valence-electron chi connectivity index (χ3n) is 4.87. The van der Waals surface area contributed by atoms with E-state index in [1.165, 1.54) is 23.1 Å². The molecule has 2 N–H and O–H groups in total. The van der Waals surface area contributed by atoms with Gasteiger partial charge in [-0.2, -0.15) is 5.10 Å². The molecule has 0 spiro atoms. The highest BCUT2D eigenvalue weighted by Crippen LogP contribution is 2.26. The van der Waals surface area contributed by atoms with Crippen LogP contribution in [-0.2, 0) is 17.1 Å². The fourth-order valence-corrected chi connectivity index (χ4v) is 4.85. The molecule has 1 atom stereocenters. The van der Waals surface area contributed by atoms with Crippen molar-refractivity contribution in [3.8, 4) is 0 Å². The van der Waals surface area contributed by atoms with Crippen molar-refractivity contribution in [3.63, 3.8) is 0 Å². The van der Waals surface area contributed by atoms with Crippen molar-refractivity contribution in [2.75, 3.05) is 5.32 Å². The number of pyridine rings is 1. The second kappa shape index (κ2) is 9.03. The van der Waals surface area contributed by atoms with Gasteiger partial charge in [0.25, 0.3) is 5.56 Å². The summed E-state index contributed by atoms with van der Waals surface area (Å²) >= 11 is 2.93. The molecule has 4 aromatic heterocycles. The Morgan fingerprint density at radius 3 is 2.94 bits per heavy atom. The highest BCUT2D eigenvalue weighted by molar-refractivity contribution is 7.99. The van der Waals surface area contributed by atoms with E-state index in [1.807, 2.05) is 39.0 Å². The van der Waals surface area contributed by atoms with Gasteiger partial charge in [0.2, 0.25) is 5.91 Å². The molecule has 4 aromatic rings. The van der Waals surface area contributed by atoms with Crippen LogP contribution in [0.3, 0.4) is 0 Å². The second-order valence-electron chi connectivity index (χ2n) is 7.14. The summed E-state index contributed by atoms with van der Waals surface area (Å²) in [7, 11) is 0. The summed E-state index contributed by atoms with van der Waals surface area (Å²) < 4.78 is 1.73. The van der Waals surface area contributed by atoms with Crippen molar-refractivity contribution in [1.82, 2.24) is 24.7 Å². The van der Waals surface area contributed by atoms with E-state index < -0.39 is 0 Å². The molecule has 4 rings (SSSR count). The predicted octanol–water partition coefficient (Wildman–Crippen LogP) is 3.50. The average Bonchev–Trinajstić information content (AvgIpc) is 3.30. The molecule has 10 heteroatoms. The summed E-state index contributed by atoms with van der Waals surface area (Å²) in [4.78, 5) is 38.5. The van der Waals surface area contributed by atoms with Crippen molar-refractivity contribution >= 4 is 45.0 Å². The van der Waals surface area contributed by atoms with Gasteiger partial charge in [-0.3, -0.25) is 19.3 Å². The van der Waals surface area contributed by atoms with E-state index in [1.54, 1.807) is 23.1 Å². The minimum Gasteiger partial charge on any atom is -0.309 e. The molecule has 31 heavy (non-hydrogen) atoms. The van der Waals surface area contributed by atoms with Crippen LogP contribution in [-0.4, -0.2) is 35.9 Å². The maximum Gasteiger partial charge on any atom is 0.259 e. The number of amides is 1. The van der Waals surface area contributed by atoms with Gasteiger partial charge in [-0.1, -0.05) is 6.07 Å². The number of hydrogen-bond acceptors (Lipinski definition) is 7. The lowest BCUT2D eigenvalue weighted by molar-refractivity contribution is -0.115. The van der Waals surface area contributed by atoms with Gasteiger partial charge in [0.05, 0.1) is 28.6 Å². The van der Waals surface area contributed by atoms with E-state index in [4.69, 9.17) is 0 Å². The fourth-order valence-electron chi connectivity index (χ4n) is 3.05. The molecule has 0 aromatic carbocycles. The van der Waals surface area contributed by atoms with Crippen molar-refractivity contribution in [1.29, 1.82) is 0 Å². The second-order valence-corrected chi connectivity index (χ2v) is 9.67. The fraction of sp³-hybridized carbons (Fsp3) is 0.286. The Hall–Kier alpha value is -2.98. The number of aryl methyl sites for hydroxylation is 2. The third-order valence-corrected chi connectivity index (χ3v) is 7.12. The first-order chi connectivity index (χ1) is 14.9. The number of thioether (sulfide) groups is 1. The molecule has 0 saturated heterocycles. The maximum absolute atomic E-state index is 12.5. The van der Waals surface area contributed by atoms with Crippen LogP contribution in [0.4, 0.5) is 5.82 Å². The summed E-state index contributed by atoms with van der Waals surface area (Å²) in [5.74, 6) is 1.34. The number of thiophene rings is 1. The Balaban J connectivity index is 1.35. The molecule has 0 aliphatic heterocycles. The summed E-state index contributed by atoms with van der Waals surface area (Å²) in [6, 6.07) is 7.47. The molecule has 8 nitrogen and oxygen atoms in total. The van der Waals surface area contributed by atoms with Crippen LogP contribution < -0.4 is 10.9 Å². The van der Waals surface area contributed by atoms with Crippen molar-refractivity contribution < 1.29 is 4.79 Å². The maximum atomic E-state index is 12.5. The van der Waals surface area contributed by atoms with Gasteiger partial charge in [-0.15, -0.1) is 23.1 Å². The quantitative estimate of drug-likeness (QED) is 0.443. The van der Waals surface area contributed by atoms with Crippen LogP contribution in [0.5, 0.6) is 0 Å². The number of nitrogens with zero attached hydrogens (tertiary/aromatic N) is 4. The van der Waals surface area contributed by atoms with Crippen molar-refractivity contribution in [2.45, 2.75) is 38.3 Å². The summed E-state index contributed by atoms with van der Waals surface area (Å²) in [6.07, 6.45) is 3.54. The standard InChI is InChI=1S/C21H22N6O2S2/c1-12-13(2)31-21-18(12)20(29)24-17(25-21)11-30-14(3)19(28)23-16-7-9-27(26-16)10-15-6-4-5-8-22-15/h4-9,14H,10-11H2,1-3H3,(H,23,26,28)(H,24,25,29). The minimum absolute atomic E-state index is 0.127. The number of aromatic amines is 1. The largest absolute Gasteiger partial charge is 0.309 e. The van der Waals surface area contributed by atoms with Crippen LogP contribution in [0, 0.1) is 13.8 Å². The van der Waals surface area contributed by atoms with Gasteiger partial charge in [-0.05, 0) is 38.5 Å². The number of fused-ring (bicyclic) bond motifs is 1. The Labute approximate surface area is 187 Å². The van der Waals surface area contributed by atoms with E-state index in [-0.39, 0.29) is 16.7 Å². The van der Waals surface area contributed by atoms with E-state index in [0.717, 1.165) is 21.0 Å². The SMILES string of the molecule is Cc1sc2nc(CSC(C)C(=O)Nc3ccn(Cc4ccccn4)n3)[nH]c(=O)c2c1C. The number of nitrogens with one attached hydrogen (secondary N) is 2. The lowest BCUT2D eigenvalue weighted by Gasteiger charge is -2.10. The summed E-state index contributed by atoms with van der Waals surface area (Å²) in [5.41, 5.74) is 1.74. The number of aromatic nitrogens is 5. The number of carbonyl (C=O) groups is 1. The third kappa shape index (κ3) is 4.86. The van der Waals surface area contributed by atoms with Gasteiger partial charge in [-0.25, -0.2) is 4.98 Å². The average molecular weight is 455 g/mol. The van der Waals surface area contributed by atoms with E-state index >= 15 is 0 Å². The lowest BCUT2D eigenvalue weighted by atomic mass is 10.2. The molecule has 1 unspecified atom stereocenters. The molecular formula is C21H22N6O2S2. The molecule has 0 aliphatic carbocycles. The van der Waals surface area contributed by atoms with Gasteiger partial charge < -0.3 is 10.3 Å². The Morgan fingerprint density at radius 2 is 2.16 bits per heavy atom. The molecule has 1 amide bonds. The van der Waals surface area contributed by atoms with Crippen LogP contribution in [0.25, 0.3) is 10.2 Å². The molecule has 0 aliphatic rings. The topological polar surface area (TPSA) is 106 Å². The molecule has 0 radical (unpaired) electrons. The Kier molecular flexibility index (Phi) is 6.19. The molecule has 0 saturated carbocycles. The Morgan fingerprint density at radius 1 is 1.32 bits per heavy atom. The van der Waals surface area contributed by atoms with Crippen molar-refractivity contribution in [3.05, 3.63) is 69.0 Å². The van der Waals surface area contributed by atoms with Crippen LogP contribution in [0.1, 0.15) is 28.9 Å². The van der Waals surface area contributed by atoms with Gasteiger partial charge >= 0.3 is 0 Å². The smallest absolute Gasteiger partial charge is 0.259 e. The molecule has 0 fully saturated rings. The zero-order chi connectivity index (χ0) is 22.0. The van der Waals surface area contributed by atoms with E-state index in [0.29, 0.717) is 29.3 Å². The molecular weight excluding hydrogens is 432 g/mol. The molecule has 4 heterocycles. The molecule has 160 valence electrons. The molecule has 0 bridgehead atoms. The highest BCUT2D eigenvalue weighted by Gasteiger charge is 2.17.